The van der Waals surface area contributed by atoms with E-state index >= 15 is 0 Å². The molecule has 0 radical (unpaired) electrons. The van der Waals surface area contributed by atoms with Crippen LogP contribution in [0.15, 0.2) is 54.6 Å². The van der Waals surface area contributed by atoms with Crippen LogP contribution in [0.25, 0.3) is 0 Å². The highest BCUT2D eigenvalue weighted by molar-refractivity contribution is 5.77. The van der Waals surface area contributed by atoms with E-state index in [1.807, 2.05) is 30.9 Å². The van der Waals surface area contributed by atoms with Crippen LogP contribution in [0.4, 0.5) is 17.1 Å². The highest BCUT2D eigenvalue weighted by atomic mass is 16.2. The zero-order valence-corrected chi connectivity index (χ0v) is 35.6. The first-order valence-corrected chi connectivity index (χ1v) is 20.3. The lowest BCUT2D eigenvalue weighted by Gasteiger charge is -2.27. The van der Waals surface area contributed by atoms with E-state index in [1.165, 1.54) is 11.1 Å². The molecule has 0 aromatic heterocycles. The third kappa shape index (κ3) is 16.1. The molecule has 0 unspecified atom stereocenters. The maximum atomic E-state index is 13.8. The summed E-state index contributed by atoms with van der Waals surface area (Å²) in [5, 5.41) is 10.0. The van der Waals surface area contributed by atoms with Gasteiger partial charge in [-0.05, 0) is 114 Å². The smallest absolute Gasteiger partial charge is 0.223 e. The minimum absolute atomic E-state index is 0.160. The predicted molar refractivity (Wildman–Crippen MR) is 230 cm³/mol. The van der Waals surface area contributed by atoms with E-state index in [4.69, 9.17) is 0 Å². The van der Waals surface area contributed by atoms with Crippen LogP contribution in [0.5, 0.6) is 0 Å². The fourth-order valence-corrected chi connectivity index (χ4v) is 6.84. The van der Waals surface area contributed by atoms with Gasteiger partial charge in [-0.1, -0.05) is 59.7 Å². The maximum Gasteiger partial charge on any atom is 0.223 e. The average molecular weight is 755 g/mol. The number of benzene rings is 3. The van der Waals surface area contributed by atoms with Crippen LogP contribution in [0.2, 0.25) is 0 Å². The van der Waals surface area contributed by atoms with E-state index in [0.717, 1.165) is 84.4 Å². The molecule has 3 N–H and O–H groups in total. The number of amides is 2. The molecule has 0 saturated carbocycles. The zero-order chi connectivity index (χ0) is 40.5. The second kappa shape index (κ2) is 22.9. The second-order valence-corrected chi connectivity index (χ2v) is 16.5. The van der Waals surface area contributed by atoms with Gasteiger partial charge in [0, 0.05) is 96.7 Å². The van der Waals surface area contributed by atoms with Crippen molar-refractivity contribution in [3.63, 3.8) is 0 Å². The van der Waals surface area contributed by atoms with Gasteiger partial charge in [-0.15, -0.1) is 0 Å². The van der Waals surface area contributed by atoms with Crippen LogP contribution < -0.4 is 16.0 Å². The summed E-state index contributed by atoms with van der Waals surface area (Å²) in [6, 6.07) is 19.6. The summed E-state index contributed by atoms with van der Waals surface area (Å²) >= 11 is 0. The Morgan fingerprint density at radius 1 is 0.527 bits per heavy atom. The van der Waals surface area contributed by atoms with Crippen LogP contribution in [-0.2, 0) is 53.7 Å². The first kappa shape index (κ1) is 45.0. The van der Waals surface area contributed by atoms with Crippen molar-refractivity contribution in [2.75, 3.05) is 44.1 Å². The Hall–Kier alpha value is -4.37. The first-order chi connectivity index (χ1) is 26.2. The quantitative estimate of drug-likeness (QED) is 0.159. The highest BCUT2D eigenvalue weighted by Crippen LogP contribution is 2.26. The Balaban J connectivity index is 0.00000106. The lowest BCUT2D eigenvalue weighted by molar-refractivity contribution is -0.133. The molecule has 1 heterocycles. The molecule has 2 amide bonds. The monoisotopic (exact) mass is 755 g/mol. The molecule has 3 aromatic rings. The van der Waals surface area contributed by atoms with Gasteiger partial charge < -0.3 is 30.5 Å². The van der Waals surface area contributed by atoms with Crippen molar-refractivity contribution in [2.24, 2.45) is 17.8 Å². The van der Waals surface area contributed by atoms with Gasteiger partial charge in [0.05, 0.1) is 0 Å². The molecule has 9 heteroatoms. The average Bonchev–Trinajstić information content (AvgIpc) is 3.13. The SMILES string of the molecule is CC(C)CCC=O.CNc1cc2cc(c1)CN(C(=O)CCC(C)C)Cc1cc(cc(NC)c1)CN(C(=O)CCC(C)C)Cc1cc(cc(NC)c1)CN(C)C2. The minimum Gasteiger partial charge on any atom is -0.388 e. The van der Waals surface area contributed by atoms with Crippen molar-refractivity contribution in [2.45, 2.75) is 119 Å². The predicted octanol–water partition coefficient (Wildman–Crippen LogP) is 9.31. The minimum atomic E-state index is 0.160. The number of hydrogen-bond donors (Lipinski definition) is 3. The molecule has 1 aliphatic heterocycles. The van der Waals surface area contributed by atoms with E-state index in [2.05, 4.69) is 124 Å². The summed E-state index contributed by atoms with van der Waals surface area (Å²) in [6.07, 6.45) is 5.46. The molecule has 0 fully saturated rings. The third-order valence-corrected chi connectivity index (χ3v) is 9.86. The summed E-state index contributed by atoms with van der Waals surface area (Å²) in [4.78, 5) is 43.7. The summed E-state index contributed by atoms with van der Waals surface area (Å²) in [5.41, 5.74) is 9.77. The van der Waals surface area contributed by atoms with Crippen LogP contribution in [-0.4, -0.2) is 61.0 Å². The van der Waals surface area contributed by atoms with Gasteiger partial charge in [-0.3, -0.25) is 14.5 Å². The molecule has 3 aromatic carbocycles. The molecule has 4 rings (SSSR count). The van der Waals surface area contributed by atoms with Gasteiger partial charge >= 0.3 is 0 Å². The van der Waals surface area contributed by atoms with Gasteiger partial charge in [-0.2, -0.15) is 0 Å². The molecule has 0 spiro atoms. The van der Waals surface area contributed by atoms with E-state index in [0.29, 0.717) is 56.8 Å². The fraction of sp³-hybridized carbons (Fsp3) is 0.543. The topological polar surface area (TPSA) is 97.0 Å². The van der Waals surface area contributed by atoms with E-state index < -0.39 is 0 Å². The Labute approximate surface area is 332 Å². The number of carbonyl (C=O) groups is 3. The molecule has 0 atom stereocenters. The van der Waals surface area contributed by atoms with Crippen molar-refractivity contribution in [3.05, 3.63) is 88.0 Å². The number of nitrogens with zero attached hydrogens (tertiary/aromatic N) is 3. The van der Waals surface area contributed by atoms with E-state index in [1.54, 1.807) is 0 Å². The molecule has 302 valence electrons. The zero-order valence-electron chi connectivity index (χ0n) is 35.6. The molecule has 0 aliphatic carbocycles. The number of nitrogens with one attached hydrogen (secondary N) is 3. The molecule has 6 bridgehead atoms. The summed E-state index contributed by atoms with van der Waals surface area (Å²) in [6.45, 7) is 16.4. The molecule has 0 saturated heterocycles. The number of aldehydes is 1. The molecule has 9 nitrogen and oxygen atoms in total. The standard InChI is InChI=1S/C40H58N6O2.C6H12O/c1-28(2)9-11-39(47)45-24-32-13-30(16-36(18-32)41-5)22-44(8)23-31-14-33(19-37(17-31)42-6)25-46(40(48)12-10-29(3)4)27-35-15-34(26-45)20-38(21-35)43-7;1-6(2)4-3-5-7/h13-21,28-29,41-43H,9-12,22-27H2,1-8H3;5-6H,3-4H2,1-2H3. The molecular formula is C46H70N6O3. The van der Waals surface area contributed by atoms with Crippen molar-refractivity contribution < 1.29 is 14.4 Å². The van der Waals surface area contributed by atoms with Gasteiger partial charge in [-0.25, -0.2) is 0 Å². The van der Waals surface area contributed by atoms with E-state index in [-0.39, 0.29) is 11.8 Å². The lowest BCUT2D eigenvalue weighted by atomic mass is 10.0. The molecular weight excluding hydrogens is 685 g/mol. The Morgan fingerprint density at radius 3 is 1.05 bits per heavy atom. The van der Waals surface area contributed by atoms with Crippen LogP contribution in [0.1, 0.15) is 113 Å². The number of hydrogen-bond acceptors (Lipinski definition) is 7. The highest BCUT2D eigenvalue weighted by Gasteiger charge is 2.20. The summed E-state index contributed by atoms with van der Waals surface area (Å²) in [5.74, 6) is 1.89. The van der Waals surface area contributed by atoms with Gasteiger partial charge in [0.1, 0.15) is 6.29 Å². The number of fused-ring (bicyclic) bond motifs is 6. The van der Waals surface area contributed by atoms with Crippen molar-refractivity contribution in [1.82, 2.24) is 14.7 Å². The Kier molecular flexibility index (Phi) is 18.7. The summed E-state index contributed by atoms with van der Waals surface area (Å²) < 4.78 is 0. The van der Waals surface area contributed by atoms with Crippen LogP contribution >= 0.6 is 0 Å². The largest absolute Gasteiger partial charge is 0.388 e. The van der Waals surface area contributed by atoms with Crippen LogP contribution in [0, 0.1) is 17.8 Å². The van der Waals surface area contributed by atoms with Gasteiger partial charge in [0.2, 0.25) is 11.8 Å². The maximum absolute atomic E-state index is 13.8. The second-order valence-electron chi connectivity index (χ2n) is 16.5. The van der Waals surface area contributed by atoms with E-state index in [9.17, 15) is 14.4 Å². The number of carbonyl (C=O) groups excluding carboxylic acids is 3. The molecule has 1 aliphatic rings. The third-order valence-electron chi connectivity index (χ3n) is 9.86. The van der Waals surface area contributed by atoms with Crippen LogP contribution in [0.3, 0.4) is 0 Å². The van der Waals surface area contributed by atoms with Crippen molar-refractivity contribution in [3.8, 4) is 0 Å². The van der Waals surface area contributed by atoms with Crippen molar-refractivity contribution >= 4 is 35.2 Å². The summed E-state index contributed by atoms with van der Waals surface area (Å²) in [7, 11) is 7.96. The number of rotatable bonds is 12. The van der Waals surface area contributed by atoms with Gasteiger partial charge in [0.25, 0.3) is 0 Å². The normalized spacial score (nSPS) is 13.8. The Morgan fingerprint density at radius 2 is 0.818 bits per heavy atom. The number of anilines is 3. The molecule has 55 heavy (non-hydrogen) atoms. The fourth-order valence-electron chi connectivity index (χ4n) is 6.84. The van der Waals surface area contributed by atoms with Gasteiger partial charge in [0.15, 0.2) is 0 Å². The first-order valence-electron chi connectivity index (χ1n) is 20.3. The lowest BCUT2D eigenvalue weighted by Crippen LogP contribution is -2.31. The van der Waals surface area contributed by atoms with Crippen molar-refractivity contribution in [1.29, 1.82) is 0 Å². The Bertz CT molecular complexity index is 1560.